The van der Waals surface area contributed by atoms with Gasteiger partial charge in [-0.3, -0.25) is 0 Å². The Bertz CT molecular complexity index is 3160. The van der Waals surface area contributed by atoms with E-state index in [2.05, 4.69) is 155 Å². The Balaban J connectivity index is 1.11. The van der Waals surface area contributed by atoms with Gasteiger partial charge in [0.05, 0.1) is 22.1 Å². The van der Waals surface area contributed by atoms with Crippen molar-refractivity contribution in [2.75, 3.05) is 0 Å². The van der Waals surface area contributed by atoms with Crippen LogP contribution in [0.1, 0.15) is 0 Å². The van der Waals surface area contributed by atoms with E-state index in [1.807, 2.05) is 12.1 Å². The van der Waals surface area contributed by atoms with Gasteiger partial charge >= 0.3 is 0 Å². The van der Waals surface area contributed by atoms with Gasteiger partial charge in [-0.2, -0.15) is 0 Å². The molecule has 12 rings (SSSR count). The minimum atomic E-state index is 0.905. The minimum absolute atomic E-state index is 0.905. The van der Waals surface area contributed by atoms with Crippen LogP contribution in [-0.2, 0) is 0 Å². The Morgan fingerprint density at radius 1 is 0.320 bits per heavy atom. The monoisotopic (exact) mass is 638 g/mol. The number of hydrogen-bond donors (Lipinski definition) is 0. The number of para-hydroxylation sites is 4. The molecule has 0 atom stereocenters. The van der Waals surface area contributed by atoms with E-state index in [1.54, 1.807) is 0 Å². The van der Waals surface area contributed by atoms with E-state index in [-0.39, 0.29) is 0 Å². The fourth-order valence-electron chi connectivity index (χ4n) is 8.50. The van der Waals surface area contributed by atoms with Crippen LogP contribution in [0.2, 0.25) is 0 Å². The van der Waals surface area contributed by atoms with Crippen molar-refractivity contribution in [3.63, 3.8) is 0 Å². The van der Waals surface area contributed by atoms with E-state index in [0.717, 1.165) is 77.3 Å². The van der Waals surface area contributed by atoms with Crippen LogP contribution >= 0.6 is 0 Å². The molecule has 0 amide bonds. The first-order chi connectivity index (χ1) is 24.8. The van der Waals surface area contributed by atoms with E-state index in [0.29, 0.717) is 0 Å². The summed E-state index contributed by atoms with van der Waals surface area (Å²) in [6.45, 7) is 0. The normalized spacial score (nSPS) is 12.4. The van der Waals surface area contributed by atoms with Crippen LogP contribution in [0.5, 0.6) is 0 Å². The van der Waals surface area contributed by atoms with Gasteiger partial charge in [-0.05, 0) is 71.4 Å². The van der Waals surface area contributed by atoms with Crippen LogP contribution in [0, 0.1) is 0 Å². The van der Waals surface area contributed by atoms with Crippen molar-refractivity contribution < 1.29 is 8.83 Å². The number of aromatic nitrogens is 2. The van der Waals surface area contributed by atoms with Crippen LogP contribution in [0.3, 0.4) is 0 Å². The Labute approximate surface area is 284 Å². The average molecular weight is 639 g/mol. The molecule has 50 heavy (non-hydrogen) atoms. The smallest absolute Gasteiger partial charge is 0.160 e. The third-order valence-corrected chi connectivity index (χ3v) is 10.7. The number of nitrogens with zero attached hydrogens (tertiary/aromatic N) is 2. The maximum atomic E-state index is 6.59. The highest BCUT2D eigenvalue weighted by Crippen LogP contribution is 2.42. The first-order valence-corrected chi connectivity index (χ1v) is 17.0. The molecule has 8 aromatic carbocycles. The van der Waals surface area contributed by atoms with Crippen LogP contribution in [0.4, 0.5) is 0 Å². The van der Waals surface area contributed by atoms with Gasteiger partial charge in [0.1, 0.15) is 11.2 Å². The second-order valence-corrected chi connectivity index (χ2v) is 13.3. The zero-order valence-corrected chi connectivity index (χ0v) is 26.7. The summed E-state index contributed by atoms with van der Waals surface area (Å²) >= 11 is 0. The highest BCUT2D eigenvalue weighted by atomic mass is 16.3. The van der Waals surface area contributed by atoms with Crippen molar-refractivity contribution in [3.8, 4) is 11.4 Å². The summed E-state index contributed by atoms with van der Waals surface area (Å²) in [4.78, 5) is 0. The molecule has 0 N–H and O–H groups in total. The van der Waals surface area contributed by atoms with Gasteiger partial charge in [0.25, 0.3) is 0 Å². The molecule has 0 unspecified atom stereocenters. The molecule has 0 aliphatic carbocycles. The van der Waals surface area contributed by atoms with Gasteiger partial charge in [0.15, 0.2) is 11.2 Å². The Kier molecular flexibility index (Phi) is 4.94. The number of fused-ring (bicyclic) bond motifs is 15. The maximum Gasteiger partial charge on any atom is 0.160 e. The first kappa shape index (κ1) is 26.2. The molecule has 0 radical (unpaired) electrons. The van der Waals surface area contributed by atoms with Crippen molar-refractivity contribution in [1.82, 2.24) is 9.13 Å². The molecule has 4 heteroatoms. The summed E-state index contributed by atoms with van der Waals surface area (Å²) in [5, 5.41) is 11.7. The fraction of sp³-hybridized carbons (Fsp3) is 0. The van der Waals surface area contributed by atoms with Crippen LogP contribution in [-0.4, -0.2) is 9.13 Å². The van der Waals surface area contributed by atoms with Gasteiger partial charge in [-0.25, -0.2) is 0 Å². The standard InChI is InChI=1S/C46H26N2O2/c1-5-13-39-31(9-1)35-21-23-37-33-11-3-7-15-41(33)49-45(37)43(35)47(39)29-19-17-28-26-30(20-18-27(28)25-29)48-40-14-6-2-10-32(40)36-22-24-38-34-12-4-8-16-42(34)50-46(38)44(36)48/h1-26H. The highest BCUT2D eigenvalue weighted by molar-refractivity contribution is 6.23. The minimum Gasteiger partial charge on any atom is -0.454 e. The number of hydrogen-bond acceptors (Lipinski definition) is 2. The van der Waals surface area contributed by atoms with Gasteiger partial charge in [0.2, 0.25) is 0 Å². The molecular formula is C46H26N2O2. The maximum absolute atomic E-state index is 6.59. The van der Waals surface area contributed by atoms with Gasteiger partial charge in [-0.1, -0.05) is 97.1 Å². The number of benzene rings is 8. The van der Waals surface area contributed by atoms with E-state index in [9.17, 15) is 0 Å². The summed E-state index contributed by atoms with van der Waals surface area (Å²) in [7, 11) is 0. The lowest BCUT2D eigenvalue weighted by Crippen LogP contribution is -1.96. The topological polar surface area (TPSA) is 36.1 Å². The van der Waals surface area contributed by atoms with Crippen molar-refractivity contribution in [3.05, 3.63) is 158 Å². The molecule has 0 saturated heterocycles. The average Bonchev–Trinajstić information content (AvgIpc) is 3.92. The Morgan fingerprint density at radius 3 is 1.20 bits per heavy atom. The van der Waals surface area contributed by atoms with Gasteiger partial charge in [-0.15, -0.1) is 0 Å². The molecule has 0 aliphatic heterocycles. The Morgan fingerprint density at radius 2 is 0.720 bits per heavy atom. The van der Waals surface area contributed by atoms with E-state index in [4.69, 9.17) is 8.83 Å². The molecule has 0 spiro atoms. The van der Waals surface area contributed by atoms with Gasteiger partial charge in [0, 0.05) is 54.5 Å². The predicted octanol–water partition coefficient (Wildman–Crippen LogP) is 12.8. The molecule has 4 nitrogen and oxygen atoms in total. The summed E-state index contributed by atoms with van der Waals surface area (Å²) in [6.07, 6.45) is 0. The first-order valence-electron chi connectivity index (χ1n) is 17.0. The lowest BCUT2D eigenvalue weighted by atomic mass is 10.1. The van der Waals surface area contributed by atoms with Crippen LogP contribution in [0.15, 0.2) is 167 Å². The zero-order valence-electron chi connectivity index (χ0n) is 26.7. The van der Waals surface area contributed by atoms with Crippen LogP contribution < -0.4 is 0 Å². The molecule has 0 saturated carbocycles. The van der Waals surface area contributed by atoms with Crippen molar-refractivity contribution in [2.45, 2.75) is 0 Å². The molecule has 0 bridgehead atoms. The van der Waals surface area contributed by atoms with Gasteiger partial charge < -0.3 is 18.0 Å². The number of furan rings is 2. The third-order valence-electron chi connectivity index (χ3n) is 10.7. The molecule has 12 aromatic rings. The zero-order chi connectivity index (χ0) is 32.5. The lowest BCUT2D eigenvalue weighted by molar-refractivity contribution is 0.670. The fourth-order valence-corrected chi connectivity index (χ4v) is 8.50. The summed E-state index contributed by atoms with van der Waals surface area (Å²) < 4.78 is 17.9. The Hall–Kier alpha value is -6.78. The largest absolute Gasteiger partial charge is 0.454 e. The number of rotatable bonds is 2. The second-order valence-electron chi connectivity index (χ2n) is 13.3. The lowest BCUT2D eigenvalue weighted by Gasteiger charge is -2.12. The SMILES string of the molecule is c1ccc2c(c1)oc1c2ccc2c3ccccc3n(-c3ccc4cc(-n5c6ccccc6c6ccc7c8ccccc8oc7c65)ccc4c3)c21. The summed E-state index contributed by atoms with van der Waals surface area (Å²) in [6, 6.07) is 56.4. The third kappa shape index (κ3) is 3.34. The molecule has 232 valence electrons. The highest BCUT2D eigenvalue weighted by Gasteiger charge is 2.21. The predicted molar refractivity (Wildman–Crippen MR) is 207 cm³/mol. The summed E-state index contributed by atoms with van der Waals surface area (Å²) in [5.74, 6) is 0. The van der Waals surface area contributed by atoms with Crippen molar-refractivity contribution >= 4 is 98.3 Å². The molecule has 4 heterocycles. The van der Waals surface area contributed by atoms with E-state index in [1.165, 1.54) is 32.3 Å². The van der Waals surface area contributed by atoms with Crippen molar-refractivity contribution in [1.29, 1.82) is 0 Å². The van der Waals surface area contributed by atoms with Crippen molar-refractivity contribution in [2.24, 2.45) is 0 Å². The second kappa shape index (κ2) is 9.43. The van der Waals surface area contributed by atoms with Crippen LogP contribution in [0.25, 0.3) is 110 Å². The quantitative estimate of drug-likeness (QED) is 0.189. The molecule has 0 aliphatic rings. The molecular weight excluding hydrogens is 613 g/mol. The van der Waals surface area contributed by atoms with E-state index >= 15 is 0 Å². The molecule has 4 aromatic heterocycles. The molecule has 0 fully saturated rings. The van der Waals surface area contributed by atoms with E-state index < -0.39 is 0 Å². The summed E-state index contributed by atoms with van der Waals surface area (Å²) in [5.41, 5.74) is 10.4.